The highest BCUT2D eigenvalue weighted by molar-refractivity contribution is 5.97. The molecule has 0 atom stereocenters. The Bertz CT molecular complexity index is 438. The second kappa shape index (κ2) is 6.45. The first kappa shape index (κ1) is 13.7. The number of nitrogens with two attached hydrogens (primary N) is 1. The molecule has 0 aromatic heterocycles. The van der Waals surface area contributed by atoms with Crippen LogP contribution in [0.15, 0.2) is 18.2 Å². The summed E-state index contributed by atoms with van der Waals surface area (Å²) in [6, 6.07) is 5.21. The first-order valence-electron chi connectivity index (χ1n) is 6.95. The van der Waals surface area contributed by atoms with Crippen LogP contribution >= 0.6 is 0 Å². The van der Waals surface area contributed by atoms with Gasteiger partial charge in [-0.1, -0.05) is 19.3 Å². The van der Waals surface area contributed by atoms with E-state index in [9.17, 15) is 4.79 Å². The van der Waals surface area contributed by atoms with Crippen LogP contribution in [0.1, 0.15) is 42.5 Å². The number of nitrogens with zero attached hydrogens (tertiary/aromatic N) is 1. The minimum Gasteiger partial charge on any atom is -0.496 e. The normalized spacial score (nSPS) is 16.6. The number of hydrogen-bond donors (Lipinski definition) is 1. The van der Waals surface area contributed by atoms with Gasteiger partial charge in [0, 0.05) is 24.8 Å². The molecular weight excluding hydrogens is 240 g/mol. The topological polar surface area (TPSA) is 55.6 Å². The van der Waals surface area contributed by atoms with E-state index in [1.807, 2.05) is 4.90 Å². The van der Waals surface area contributed by atoms with E-state index < -0.39 is 0 Å². The fraction of sp³-hybridized carbons (Fsp3) is 0.533. The van der Waals surface area contributed by atoms with Crippen molar-refractivity contribution >= 4 is 11.6 Å². The molecule has 0 unspecified atom stereocenters. The Labute approximate surface area is 114 Å². The number of hydrogen-bond acceptors (Lipinski definition) is 3. The molecule has 1 aliphatic rings. The largest absolute Gasteiger partial charge is 0.496 e. The number of benzene rings is 1. The van der Waals surface area contributed by atoms with Crippen LogP contribution in [0.2, 0.25) is 0 Å². The second-order valence-electron chi connectivity index (χ2n) is 5.02. The van der Waals surface area contributed by atoms with Crippen LogP contribution in [-0.2, 0) is 0 Å². The first-order chi connectivity index (χ1) is 9.22. The Hall–Kier alpha value is -1.71. The predicted octanol–water partition coefficient (Wildman–Crippen LogP) is 2.68. The number of ether oxygens (including phenoxy) is 1. The highest BCUT2D eigenvalue weighted by atomic mass is 16.5. The molecule has 1 heterocycles. The van der Waals surface area contributed by atoms with Gasteiger partial charge in [-0.3, -0.25) is 4.79 Å². The monoisotopic (exact) mass is 262 g/mol. The van der Waals surface area contributed by atoms with Crippen LogP contribution in [0, 0.1) is 0 Å². The van der Waals surface area contributed by atoms with E-state index in [2.05, 4.69) is 0 Å². The number of rotatable bonds is 2. The fourth-order valence-corrected chi connectivity index (χ4v) is 2.51. The van der Waals surface area contributed by atoms with E-state index in [-0.39, 0.29) is 5.91 Å². The van der Waals surface area contributed by atoms with Crippen LogP contribution in [0.3, 0.4) is 0 Å². The predicted molar refractivity (Wildman–Crippen MR) is 76.4 cm³/mol. The molecule has 104 valence electrons. The molecule has 1 aromatic rings. The molecular formula is C15H22N2O2. The first-order valence-corrected chi connectivity index (χ1v) is 6.95. The summed E-state index contributed by atoms with van der Waals surface area (Å²) >= 11 is 0. The summed E-state index contributed by atoms with van der Waals surface area (Å²) in [5.41, 5.74) is 6.94. The molecule has 1 amide bonds. The van der Waals surface area contributed by atoms with E-state index in [0.29, 0.717) is 17.0 Å². The average Bonchev–Trinajstić information content (AvgIpc) is 2.37. The van der Waals surface area contributed by atoms with E-state index >= 15 is 0 Å². The van der Waals surface area contributed by atoms with Gasteiger partial charge >= 0.3 is 0 Å². The quantitative estimate of drug-likeness (QED) is 0.834. The van der Waals surface area contributed by atoms with Crippen molar-refractivity contribution in [3.63, 3.8) is 0 Å². The number of likely N-dealkylation sites (tertiary alicyclic amines) is 1. The third-order valence-corrected chi connectivity index (χ3v) is 3.60. The standard InChI is InChI=1S/C15H22N2O2/c1-19-14-11-12(16)7-8-13(14)15(18)17-9-5-3-2-4-6-10-17/h7-8,11H,2-6,9-10,16H2,1H3. The lowest BCUT2D eigenvalue weighted by molar-refractivity contribution is 0.0739. The average molecular weight is 262 g/mol. The SMILES string of the molecule is COc1cc(N)ccc1C(=O)N1CCCCCCC1. The van der Waals surface area contributed by atoms with Gasteiger partial charge in [0.1, 0.15) is 5.75 Å². The Morgan fingerprint density at radius 1 is 1.16 bits per heavy atom. The molecule has 4 nitrogen and oxygen atoms in total. The van der Waals surface area contributed by atoms with Gasteiger partial charge in [0.2, 0.25) is 0 Å². The van der Waals surface area contributed by atoms with Crippen molar-refractivity contribution in [1.29, 1.82) is 0 Å². The Morgan fingerprint density at radius 3 is 2.42 bits per heavy atom. The molecule has 4 heteroatoms. The summed E-state index contributed by atoms with van der Waals surface area (Å²) in [7, 11) is 1.57. The van der Waals surface area contributed by atoms with Gasteiger partial charge in [-0.05, 0) is 25.0 Å². The van der Waals surface area contributed by atoms with Crippen molar-refractivity contribution in [2.45, 2.75) is 32.1 Å². The van der Waals surface area contributed by atoms with Gasteiger partial charge in [0.25, 0.3) is 5.91 Å². The van der Waals surface area contributed by atoms with Crippen LogP contribution in [0.4, 0.5) is 5.69 Å². The zero-order chi connectivity index (χ0) is 13.7. The minimum atomic E-state index is 0.0544. The van der Waals surface area contributed by atoms with Gasteiger partial charge in [0.15, 0.2) is 0 Å². The van der Waals surface area contributed by atoms with Crippen molar-refractivity contribution < 1.29 is 9.53 Å². The number of methoxy groups -OCH3 is 1. The van der Waals surface area contributed by atoms with Crippen LogP contribution < -0.4 is 10.5 Å². The summed E-state index contributed by atoms with van der Waals surface area (Å²) in [6.07, 6.45) is 5.88. The van der Waals surface area contributed by atoms with Crippen LogP contribution in [0.25, 0.3) is 0 Å². The Kier molecular flexibility index (Phi) is 4.66. The maximum absolute atomic E-state index is 12.6. The summed E-state index contributed by atoms with van der Waals surface area (Å²) in [4.78, 5) is 14.5. The molecule has 0 saturated carbocycles. The zero-order valence-corrected chi connectivity index (χ0v) is 11.5. The molecule has 0 aliphatic carbocycles. The van der Waals surface area contributed by atoms with Crippen molar-refractivity contribution in [1.82, 2.24) is 4.90 Å². The van der Waals surface area contributed by atoms with Gasteiger partial charge < -0.3 is 15.4 Å². The molecule has 1 aliphatic heterocycles. The number of carbonyl (C=O) groups excluding carboxylic acids is 1. The number of carbonyl (C=O) groups is 1. The molecule has 1 saturated heterocycles. The number of amides is 1. The maximum atomic E-state index is 12.6. The minimum absolute atomic E-state index is 0.0544. The highest BCUT2D eigenvalue weighted by Gasteiger charge is 2.20. The zero-order valence-electron chi connectivity index (χ0n) is 11.5. The lowest BCUT2D eigenvalue weighted by Gasteiger charge is -2.25. The molecule has 0 radical (unpaired) electrons. The highest BCUT2D eigenvalue weighted by Crippen LogP contribution is 2.24. The molecule has 0 spiro atoms. The van der Waals surface area contributed by atoms with Gasteiger partial charge in [-0.2, -0.15) is 0 Å². The molecule has 2 N–H and O–H groups in total. The number of nitrogen functional groups attached to an aromatic ring is 1. The van der Waals surface area contributed by atoms with Crippen molar-refractivity contribution in [3.8, 4) is 5.75 Å². The summed E-state index contributed by atoms with van der Waals surface area (Å²) in [5.74, 6) is 0.616. The molecule has 1 aromatic carbocycles. The summed E-state index contributed by atoms with van der Waals surface area (Å²) in [5, 5.41) is 0. The lowest BCUT2D eigenvalue weighted by atomic mass is 10.1. The molecule has 19 heavy (non-hydrogen) atoms. The smallest absolute Gasteiger partial charge is 0.257 e. The maximum Gasteiger partial charge on any atom is 0.257 e. The second-order valence-corrected chi connectivity index (χ2v) is 5.02. The van der Waals surface area contributed by atoms with Crippen molar-refractivity contribution in [2.24, 2.45) is 0 Å². The third kappa shape index (κ3) is 3.40. The third-order valence-electron chi connectivity index (χ3n) is 3.60. The lowest BCUT2D eigenvalue weighted by Crippen LogP contribution is -2.34. The fourth-order valence-electron chi connectivity index (χ4n) is 2.51. The number of anilines is 1. The van der Waals surface area contributed by atoms with E-state index in [4.69, 9.17) is 10.5 Å². The van der Waals surface area contributed by atoms with Gasteiger partial charge in [-0.15, -0.1) is 0 Å². The van der Waals surface area contributed by atoms with Crippen LogP contribution in [0.5, 0.6) is 5.75 Å². The van der Waals surface area contributed by atoms with E-state index in [1.54, 1.807) is 25.3 Å². The Morgan fingerprint density at radius 2 is 1.79 bits per heavy atom. The van der Waals surface area contributed by atoms with E-state index in [0.717, 1.165) is 25.9 Å². The van der Waals surface area contributed by atoms with Crippen molar-refractivity contribution in [3.05, 3.63) is 23.8 Å². The van der Waals surface area contributed by atoms with Crippen molar-refractivity contribution in [2.75, 3.05) is 25.9 Å². The molecule has 0 bridgehead atoms. The summed E-state index contributed by atoms with van der Waals surface area (Å²) in [6.45, 7) is 1.68. The molecule has 2 rings (SSSR count). The van der Waals surface area contributed by atoms with Gasteiger partial charge in [-0.25, -0.2) is 0 Å². The molecule has 1 fully saturated rings. The summed E-state index contributed by atoms with van der Waals surface area (Å²) < 4.78 is 5.27. The Balaban J connectivity index is 2.17. The van der Waals surface area contributed by atoms with Gasteiger partial charge in [0.05, 0.1) is 12.7 Å². The van der Waals surface area contributed by atoms with Crippen LogP contribution in [-0.4, -0.2) is 31.0 Å². The van der Waals surface area contributed by atoms with E-state index in [1.165, 1.54) is 19.3 Å².